The lowest BCUT2D eigenvalue weighted by molar-refractivity contribution is 0.355. The standard InChI is InChI=1S/C21H20BrNO4S/c1-26-20-13-12-18(14-21(20)27-2)23(15-16-8-10-17(22)11-9-16)28(24,25)19-6-4-3-5-7-19/h3-14H,15H2,1-2H3. The van der Waals surface area contributed by atoms with Crippen molar-refractivity contribution >= 4 is 31.6 Å². The van der Waals surface area contributed by atoms with Crippen LogP contribution in [-0.2, 0) is 16.6 Å². The molecular formula is C21H20BrNO4S. The second-order valence-electron chi connectivity index (χ2n) is 5.99. The molecule has 0 heterocycles. The van der Waals surface area contributed by atoms with Crippen molar-refractivity contribution < 1.29 is 17.9 Å². The summed E-state index contributed by atoms with van der Waals surface area (Å²) in [4.78, 5) is 0.224. The summed E-state index contributed by atoms with van der Waals surface area (Å²) >= 11 is 3.41. The highest BCUT2D eigenvalue weighted by Gasteiger charge is 2.26. The Morgan fingerprint density at radius 1 is 0.857 bits per heavy atom. The zero-order valence-electron chi connectivity index (χ0n) is 15.5. The van der Waals surface area contributed by atoms with Gasteiger partial charge in [0.1, 0.15) is 0 Å². The minimum atomic E-state index is -3.78. The van der Waals surface area contributed by atoms with Crippen molar-refractivity contribution in [3.8, 4) is 11.5 Å². The van der Waals surface area contributed by atoms with E-state index in [0.29, 0.717) is 17.2 Å². The minimum Gasteiger partial charge on any atom is -0.493 e. The number of hydrogen-bond acceptors (Lipinski definition) is 4. The lowest BCUT2D eigenvalue weighted by atomic mass is 10.2. The Bertz CT molecular complexity index is 1040. The Labute approximate surface area is 173 Å². The van der Waals surface area contributed by atoms with E-state index in [1.807, 2.05) is 24.3 Å². The number of ether oxygens (including phenoxy) is 2. The number of anilines is 1. The summed E-state index contributed by atoms with van der Waals surface area (Å²) in [5.74, 6) is 0.996. The van der Waals surface area contributed by atoms with E-state index < -0.39 is 10.0 Å². The van der Waals surface area contributed by atoms with E-state index in [2.05, 4.69) is 15.9 Å². The van der Waals surface area contributed by atoms with Gasteiger partial charge >= 0.3 is 0 Å². The first-order valence-electron chi connectivity index (χ1n) is 8.50. The summed E-state index contributed by atoms with van der Waals surface area (Å²) in [6, 6.07) is 21.0. The van der Waals surface area contributed by atoms with Crippen molar-refractivity contribution in [3.05, 3.63) is 82.8 Å². The third-order valence-corrected chi connectivity index (χ3v) is 6.54. The van der Waals surface area contributed by atoms with Crippen LogP contribution in [0.25, 0.3) is 0 Å². The highest BCUT2D eigenvalue weighted by atomic mass is 79.9. The van der Waals surface area contributed by atoms with Crippen molar-refractivity contribution in [1.82, 2.24) is 0 Å². The average molecular weight is 462 g/mol. The Kier molecular flexibility index (Phi) is 6.26. The third kappa shape index (κ3) is 4.31. The van der Waals surface area contributed by atoms with E-state index in [9.17, 15) is 8.42 Å². The molecule has 0 radical (unpaired) electrons. The van der Waals surface area contributed by atoms with Crippen LogP contribution in [0.4, 0.5) is 5.69 Å². The summed E-state index contributed by atoms with van der Waals surface area (Å²) in [7, 11) is -0.722. The third-order valence-electron chi connectivity index (χ3n) is 4.23. The molecule has 0 spiro atoms. The van der Waals surface area contributed by atoms with Gasteiger partial charge in [-0.1, -0.05) is 46.3 Å². The molecule has 0 N–H and O–H groups in total. The fraction of sp³-hybridized carbons (Fsp3) is 0.143. The topological polar surface area (TPSA) is 55.8 Å². The van der Waals surface area contributed by atoms with Crippen LogP contribution in [0, 0.1) is 0 Å². The quantitative estimate of drug-likeness (QED) is 0.503. The Balaban J connectivity index is 2.10. The second kappa shape index (κ2) is 8.67. The van der Waals surface area contributed by atoms with Gasteiger partial charge in [-0.2, -0.15) is 0 Å². The van der Waals surface area contributed by atoms with Gasteiger partial charge < -0.3 is 9.47 Å². The monoisotopic (exact) mass is 461 g/mol. The lowest BCUT2D eigenvalue weighted by Gasteiger charge is -2.25. The maximum atomic E-state index is 13.4. The average Bonchev–Trinajstić information content (AvgIpc) is 2.73. The lowest BCUT2D eigenvalue weighted by Crippen LogP contribution is -2.30. The van der Waals surface area contributed by atoms with E-state index in [1.165, 1.54) is 18.5 Å². The molecule has 146 valence electrons. The predicted molar refractivity (Wildman–Crippen MR) is 113 cm³/mol. The fourth-order valence-corrected chi connectivity index (χ4v) is 4.50. The second-order valence-corrected chi connectivity index (χ2v) is 8.77. The molecule has 0 aromatic heterocycles. The van der Waals surface area contributed by atoms with E-state index in [4.69, 9.17) is 9.47 Å². The van der Waals surface area contributed by atoms with Crippen LogP contribution in [0.3, 0.4) is 0 Å². The van der Waals surface area contributed by atoms with Gasteiger partial charge in [0.2, 0.25) is 0 Å². The van der Waals surface area contributed by atoms with E-state index >= 15 is 0 Å². The summed E-state index contributed by atoms with van der Waals surface area (Å²) < 4.78 is 39.7. The first-order valence-corrected chi connectivity index (χ1v) is 10.7. The van der Waals surface area contributed by atoms with Crippen molar-refractivity contribution in [2.75, 3.05) is 18.5 Å². The molecule has 0 unspecified atom stereocenters. The van der Waals surface area contributed by atoms with Crippen molar-refractivity contribution in [3.63, 3.8) is 0 Å². The summed E-state index contributed by atoms with van der Waals surface area (Å²) in [5.41, 5.74) is 1.35. The van der Waals surface area contributed by atoms with Gasteiger partial charge in [-0.05, 0) is 42.0 Å². The molecule has 0 saturated carbocycles. The molecule has 0 saturated heterocycles. The summed E-state index contributed by atoms with van der Waals surface area (Å²) in [6.45, 7) is 0.181. The van der Waals surface area contributed by atoms with Gasteiger partial charge in [-0.15, -0.1) is 0 Å². The van der Waals surface area contributed by atoms with Gasteiger partial charge in [-0.25, -0.2) is 8.42 Å². The molecule has 28 heavy (non-hydrogen) atoms. The summed E-state index contributed by atoms with van der Waals surface area (Å²) in [5, 5.41) is 0. The van der Waals surface area contributed by atoms with Gasteiger partial charge in [0.15, 0.2) is 11.5 Å². The maximum Gasteiger partial charge on any atom is 0.264 e. The molecule has 0 fully saturated rings. The number of nitrogens with zero attached hydrogens (tertiary/aromatic N) is 1. The van der Waals surface area contributed by atoms with Gasteiger partial charge in [0, 0.05) is 10.5 Å². The SMILES string of the molecule is COc1ccc(N(Cc2ccc(Br)cc2)S(=O)(=O)c2ccccc2)cc1OC. The molecule has 0 amide bonds. The molecular weight excluding hydrogens is 442 g/mol. The van der Waals surface area contributed by atoms with Crippen molar-refractivity contribution in [2.45, 2.75) is 11.4 Å². The van der Waals surface area contributed by atoms with E-state index in [1.54, 1.807) is 48.5 Å². The number of sulfonamides is 1. The van der Waals surface area contributed by atoms with E-state index in [-0.39, 0.29) is 11.4 Å². The van der Waals surface area contributed by atoms with Gasteiger partial charge in [-0.3, -0.25) is 4.31 Å². The molecule has 0 aliphatic rings. The van der Waals surface area contributed by atoms with Crippen LogP contribution in [0.2, 0.25) is 0 Å². The number of hydrogen-bond donors (Lipinski definition) is 0. The van der Waals surface area contributed by atoms with Crippen molar-refractivity contribution in [1.29, 1.82) is 0 Å². The van der Waals surface area contributed by atoms with Gasteiger partial charge in [0.05, 0.1) is 31.3 Å². The maximum absolute atomic E-state index is 13.4. The molecule has 0 bridgehead atoms. The normalized spacial score (nSPS) is 11.1. The van der Waals surface area contributed by atoms with Crippen LogP contribution < -0.4 is 13.8 Å². The number of methoxy groups -OCH3 is 2. The van der Waals surface area contributed by atoms with Crippen LogP contribution in [0.5, 0.6) is 11.5 Å². The van der Waals surface area contributed by atoms with Gasteiger partial charge in [0.25, 0.3) is 10.0 Å². The zero-order valence-corrected chi connectivity index (χ0v) is 17.9. The molecule has 7 heteroatoms. The number of benzene rings is 3. The molecule has 3 rings (SSSR count). The van der Waals surface area contributed by atoms with Crippen LogP contribution >= 0.6 is 15.9 Å². The predicted octanol–water partition coefficient (Wildman–Crippen LogP) is 4.86. The smallest absolute Gasteiger partial charge is 0.264 e. The highest BCUT2D eigenvalue weighted by Crippen LogP contribution is 2.34. The Morgan fingerprint density at radius 3 is 2.11 bits per heavy atom. The first kappa shape index (κ1) is 20.2. The Morgan fingerprint density at radius 2 is 1.50 bits per heavy atom. The van der Waals surface area contributed by atoms with Crippen LogP contribution in [0.1, 0.15) is 5.56 Å². The number of rotatable bonds is 7. The fourth-order valence-electron chi connectivity index (χ4n) is 2.77. The molecule has 0 aliphatic carbocycles. The van der Waals surface area contributed by atoms with Crippen molar-refractivity contribution in [2.24, 2.45) is 0 Å². The molecule has 3 aromatic carbocycles. The largest absolute Gasteiger partial charge is 0.493 e. The molecule has 5 nitrogen and oxygen atoms in total. The summed E-state index contributed by atoms with van der Waals surface area (Å²) in [6.07, 6.45) is 0. The number of halogens is 1. The first-order chi connectivity index (χ1) is 13.5. The minimum absolute atomic E-state index is 0.181. The molecule has 3 aromatic rings. The van der Waals surface area contributed by atoms with Crippen LogP contribution in [-0.4, -0.2) is 22.6 Å². The zero-order chi connectivity index (χ0) is 20.1. The Hall–Kier alpha value is -2.51. The molecule has 0 aliphatic heterocycles. The highest BCUT2D eigenvalue weighted by molar-refractivity contribution is 9.10. The van der Waals surface area contributed by atoms with Crippen LogP contribution in [0.15, 0.2) is 82.2 Å². The van der Waals surface area contributed by atoms with E-state index in [0.717, 1.165) is 10.0 Å². The molecule has 0 atom stereocenters.